The highest BCUT2D eigenvalue weighted by molar-refractivity contribution is 5.98. The number of aryl methyl sites for hydroxylation is 2. The van der Waals surface area contributed by atoms with Crippen LogP contribution in [-0.2, 0) is 0 Å². The SMILES string of the molecule is Cc1cc(C)c2c3cc(F)ccc3c(O)c[n+]2c1.[Br-]. The quantitative estimate of drug-likeness (QED) is 0.459. The first-order chi connectivity index (χ1) is 8.56. The van der Waals surface area contributed by atoms with Crippen molar-refractivity contribution in [3.8, 4) is 5.75 Å². The number of halogens is 2. The molecule has 0 atom stereocenters. The van der Waals surface area contributed by atoms with E-state index in [1.54, 1.807) is 12.3 Å². The lowest BCUT2D eigenvalue weighted by atomic mass is 10.1. The molecule has 3 rings (SSSR count). The summed E-state index contributed by atoms with van der Waals surface area (Å²) in [5.74, 6) is -0.137. The average molecular weight is 322 g/mol. The van der Waals surface area contributed by atoms with Gasteiger partial charge in [-0.3, -0.25) is 0 Å². The molecule has 0 aliphatic rings. The smallest absolute Gasteiger partial charge is 0.221 e. The monoisotopic (exact) mass is 321 g/mol. The first kappa shape index (κ1) is 13.7. The van der Waals surface area contributed by atoms with Gasteiger partial charge in [0.25, 0.3) is 0 Å². The highest BCUT2D eigenvalue weighted by Gasteiger charge is 2.16. The lowest BCUT2D eigenvalue weighted by Gasteiger charge is -2.04. The molecule has 0 bridgehead atoms. The minimum atomic E-state index is -0.296. The lowest BCUT2D eigenvalue weighted by Crippen LogP contribution is -3.00. The standard InChI is InChI=1S/C15H12FNO.BrH/c1-9-5-10(2)15-13-6-11(16)3-4-12(13)14(18)8-17(15)7-9;/h3-8H,1-2H3;1H. The van der Waals surface area contributed by atoms with Gasteiger partial charge in [0.15, 0.2) is 11.9 Å². The van der Waals surface area contributed by atoms with Gasteiger partial charge < -0.3 is 22.1 Å². The molecule has 0 aliphatic carbocycles. The van der Waals surface area contributed by atoms with Crippen LogP contribution in [0.2, 0.25) is 0 Å². The van der Waals surface area contributed by atoms with E-state index < -0.39 is 0 Å². The van der Waals surface area contributed by atoms with E-state index in [2.05, 4.69) is 6.07 Å². The summed E-state index contributed by atoms with van der Waals surface area (Å²) in [5.41, 5.74) is 3.08. The van der Waals surface area contributed by atoms with Gasteiger partial charge in [-0.15, -0.1) is 0 Å². The molecule has 1 N–H and O–H groups in total. The summed E-state index contributed by atoms with van der Waals surface area (Å²) >= 11 is 0. The number of rotatable bonds is 0. The van der Waals surface area contributed by atoms with Gasteiger partial charge in [-0.2, -0.15) is 4.40 Å². The van der Waals surface area contributed by atoms with Crippen LogP contribution in [-0.4, -0.2) is 5.11 Å². The third kappa shape index (κ3) is 2.16. The van der Waals surface area contributed by atoms with E-state index in [-0.39, 0.29) is 28.5 Å². The number of hydrogen-bond donors (Lipinski definition) is 1. The Morgan fingerprint density at radius 2 is 1.79 bits per heavy atom. The molecule has 19 heavy (non-hydrogen) atoms. The Kier molecular flexibility index (Phi) is 3.45. The van der Waals surface area contributed by atoms with Gasteiger partial charge in [-0.25, -0.2) is 4.39 Å². The largest absolute Gasteiger partial charge is 1.00 e. The Balaban J connectivity index is 0.00000133. The molecule has 0 spiro atoms. The van der Waals surface area contributed by atoms with Gasteiger partial charge in [0, 0.05) is 16.5 Å². The summed E-state index contributed by atoms with van der Waals surface area (Å²) in [6, 6.07) is 6.49. The van der Waals surface area contributed by atoms with E-state index in [0.29, 0.717) is 5.39 Å². The Labute approximate surface area is 120 Å². The van der Waals surface area contributed by atoms with Crippen LogP contribution in [0.3, 0.4) is 0 Å². The third-order valence-electron chi connectivity index (χ3n) is 3.19. The van der Waals surface area contributed by atoms with Crippen LogP contribution in [0.5, 0.6) is 5.75 Å². The zero-order valence-corrected chi connectivity index (χ0v) is 12.2. The summed E-state index contributed by atoms with van der Waals surface area (Å²) in [5, 5.41) is 11.4. The van der Waals surface area contributed by atoms with Crippen LogP contribution in [0, 0.1) is 19.7 Å². The maximum atomic E-state index is 13.4. The van der Waals surface area contributed by atoms with E-state index in [4.69, 9.17) is 0 Å². The molecular formula is C15H13BrFNO. The van der Waals surface area contributed by atoms with Crippen molar-refractivity contribution >= 4 is 16.3 Å². The van der Waals surface area contributed by atoms with Crippen LogP contribution < -0.4 is 21.4 Å². The first-order valence-corrected chi connectivity index (χ1v) is 5.80. The number of benzene rings is 1. The van der Waals surface area contributed by atoms with E-state index in [0.717, 1.165) is 22.0 Å². The average Bonchev–Trinajstić information content (AvgIpc) is 2.27. The molecule has 98 valence electrons. The Hall–Kier alpha value is -1.68. The normalized spacial score (nSPS) is 10.7. The molecule has 0 saturated carbocycles. The fourth-order valence-corrected chi connectivity index (χ4v) is 2.53. The van der Waals surface area contributed by atoms with Crippen molar-refractivity contribution in [2.75, 3.05) is 0 Å². The van der Waals surface area contributed by atoms with E-state index in [9.17, 15) is 9.50 Å². The minimum absolute atomic E-state index is 0. The third-order valence-corrected chi connectivity index (χ3v) is 3.19. The van der Waals surface area contributed by atoms with Crippen molar-refractivity contribution in [1.29, 1.82) is 0 Å². The summed E-state index contributed by atoms with van der Waals surface area (Å²) in [6.45, 7) is 3.98. The van der Waals surface area contributed by atoms with Crippen LogP contribution in [0.4, 0.5) is 4.39 Å². The van der Waals surface area contributed by atoms with Gasteiger partial charge in [-0.1, -0.05) is 0 Å². The molecule has 0 saturated heterocycles. The second-order valence-electron chi connectivity index (χ2n) is 4.66. The molecule has 0 amide bonds. The van der Waals surface area contributed by atoms with Crippen molar-refractivity contribution in [1.82, 2.24) is 0 Å². The number of aromatic hydroxyl groups is 1. The number of hydrogen-bond acceptors (Lipinski definition) is 1. The van der Waals surface area contributed by atoms with Crippen molar-refractivity contribution in [2.24, 2.45) is 0 Å². The Morgan fingerprint density at radius 3 is 2.53 bits per heavy atom. The van der Waals surface area contributed by atoms with Crippen LogP contribution in [0.1, 0.15) is 11.1 Å². The highest BCUT2D eigenvalue weighted by atomic mass is 79.9. The Bertz CT molecular complexity index is 786. The summed E-state index contributed by atoms with van der Waals surface area (Å²) in [6.07, 6.45) is 3.59. The lowest BCUT2D eigenvalue weighted by molar-refractivity contribution is -0.512. The van der Waals surface area contributed by atoms with Crippen molar-refractivity contribution < 1.29 is 30.9 Å². The van der Waals surface area contributed by atoms with Crippen molar-refractivity contribution in [3.05, 3.63) is 53.6 Å². The molecule has 3 aromatic rings. The molecule has 2 nitrogen and oxygen atoms in total. The van der Waals surface area contributed by atoms with Gasteiger partial charge >= 0.3 is 0 Å². The summed E-state index contributed by atoms with van der Waals surface area (Å²) in [4.78, 5) is 0. The molecule has 1 aromatic carbocycles. The highest BCUT2D eigenvalue weighted by Crippen LogP contribution is 2.27. The van der Waals surface area contributed by atoms with Crippen LogP contribution in [0.15, 0.2) is 36.7 Å². The van der Waals surface area contributed by atoms with Gasteiger partial charge in [0.05, 0.1) is 5.39 Å². The zero-order valence-electron chi connectivity index (χ0n) is 10.6. The first-order valence-electron chi connectivity index (χ1n) is 5.80. The number of aromatic nitrogens is 1. The maximum absolute atomic E-state index is 13.4. The van der Waals surface area contributed by atoms with Crippen LogP contribution >= 0.6 is 0 Å². The van der Waals surface area contributed by atoms with Crippen molar-refractivity contribution in [2.45, 2.75) is 13.8 Å². The molecule has 0 fully saturated rings. The molecule has 2 heterocycles. The fraction of sp³-hybridized carbons (Fsp3) is 0.133. The predicted octanol–water partition coefficient (Wildman–Crippen LogP) is 0.0440. The number of pyridine rings is 2. The fourth-order valence-electron chi connectivity index (χ4n) is 2.53. The number of fused-ring (bicyclic) bond motifs is 3. The molecule has 2 aromatic heterocycles. The maximum Gasteiger partial charge on any atom is 0.221 e. The van der Waals surface area contributed by atoms with Crippen molar-refractivity contribution in [3.63, 3.8) is 0 Å². The zero-order chi connectivity index (χ0) is 12.9. The summed E-state index contributed by atoms with van der Waals surface area (Å²) < 4.78 is 15.3. The molecule has 0 aliphatic heterocycles. The van der Waals surface area contributed by atoms with E-state index in [1.165, 1.54) is 12.1 Å². The Morgan fingerprint density at radius 1 is 1.05 bits per heavy atom. The van der Waals surface area contributed by atoms with Gasteiger partial charge in [0.2, 0.25) is 11.7 Å². The van der Waals surface area contributed by atoms with Crippen LogP contribution in [0.25, 0.3) is 16.3 Å². The summed E-state index contributed by atoms with van der Waals surface area (Å²) in [7, 11) is 0. The van der Waals surface area contributed by atoms with E-state index in [1.807, 2.05) is 24.4 Å². The minimum Gasteiger partial charge on any atom is -1.00 e. The number of nitrogens with zero attached hydrogens (tertiary/aromatic N) is 1. The molecule has 0 radical (unpaired) electrons. The topological polar surface area (TPSA) is 24.3 Å². The predicted molar refractivity (Wildman–Crippen MR) is 68.2 cm³/mol. The molecular weight excluding hydrogens is 309 g/mol. The second kappa shape index (κ2) is 4.78. The van der Waals surface area contributed by atoms with Gasteiger partial charge in [0.1, 0.15) is 5.82 Å². The molecule has 0 unspecified atom stereocenters. The second-order valence-corrected chi connectivity index (χ2v) is 4.66. The van der Waals surface area contributed by atoms with E-state index >= 15 is 0 Å². The molecule has 4 heteroatoms. The van der Waals surface area contributed by atoms with Gasteiger partial charge in [-0.05, 0) is 38.1 Å².